The van der Waals surface area contributed by atoms with E-state index in [1.165, 1.54) is 6.42 Å². The van der Waals surface area contributed by atoms with Crippen molar-refractivity contribution in [3.8, 4) is 6.07 Å². The maximum atomic E-state index is 9.25. The minimum Gasteiger partial charge on any atom is -0.379 e. The van der Waals surface area contributed by atoms with Gasteiger partial charge in [0.1, 0.15) is 0 Å². The molecule has 0 spiro atoms. The Kier molecular flexibility index (Phi) is 4.74. The maximum absolute atomic E-state index is 9.25. The summed E-state index contributed by atoms with van der Waals surface area (Å²) in [6, 6.07) is 8.00. The number of hydrogen-bond donors (Lipinski definition) is 1. The molecule has 2 nitrogen and oxygen atoms in total. The average molecular weight is 283 g/mol. The van der Waals surface area contributed by atoms with Gasteiger partial charge in [-0.05, 0) is 25.0 Å². The van der Waals surface area contributed by atoms with Crippen LogP contribution < -0.4 is 5.32 Å². The van der Waals surface area contributed by atoms with Crippen LogP contribution in [0.3, 0.4) is 0 Å². The third-order valence-corrected chi connectivity index (χ3v) is 4.10. The van der Waals surface area contributed by atoms with Crippen molar-refractivity contribution < 1.29 is 0 Å². The van der Waals surface area contributed by atoms with E-state index in [1.807, 2.05) is 18.2 Å². The Labute approximate surface area is 118 Å². The highest BCUT2D eigenvalue weighted by Crippen LogP contribution is 2.33. The summed E-state index contributed by atoms with van der Waals surface area (Å²) in [6.07, 6.45) is 5.44. The number of nitrogens with zero attached hydrogens (tertiary/aromatic N) is 1. The molecule has 96 valence electrons. The van der Waals surface area contributed by atoms with E-state index in [0.29, 0.717) is 10.0 Å². The number of halogens is 2. The summed E-state index contributed by atoms with van der Waals surface area (Å²) in [5.41, 5.74) is 0.757. The molecule has 0 amide bonds. The van der Waals surface area contributed by atoms with Crippen LogP contribution in [0.15, 0.2) is 18.2 Å². The molecule has 0 heterocycles. The van der Waals surface area contributed by atoms with Gasteiger partial charge < -0.3 is 5.32 Å². The van der Waals surface area contributed by atoms with Crippen LogP contribution in [-0.4, -0.2) is 6.04 Å². The maximum Gasteiger partial charge on any atom is 0.0721 e. The van der Waals surface area contributed by atoms with Crippen molar-refractivity contribution >= 4 is 28.9 Å². The molecular weight excluding hydrogens is 267 g/mol. The Morgan fingerprint density at radius 2 is 1.78 bits per heavy atom. The molecule has 4 heteroatoms. The van der Waals surface area contributed by atoms with E-state index in [4.69, 9.17) is 23.2 Å². The van der Waals surface area contributed by atoms with Crippen LogP contribution in [0, 0.1) is 17.2 Å². The molecule has 0 saturated heterocycles. The summed E-state index contributed by atoms with van der Waals surface area (Å²) in [7, 11) is 0. The van der Waals surface area contributed by atoms with Gasteiger partial charge in [0.05, 0.1) is 27.7 Å². The minimum atomic E-state index is 0.0415. The molecule has 0 bridgehead atoms. The Balaban J connectivity index is 2.18. The second kappa shape index (κ2) is 6.31. The first-order chi connectivity index (χ1) is 8.72. The number of hydrogen-bond acceptors (Lipinski definition) is 2. The van der Waals surface area contributed by atoms with Gasteiger partial charge >= 0.3 is 0 Å². The summed E-state index contributed by atoms with van der Waals surface area (Å²) < 4.78 is 0. The van der Waals surface area contributed by atoms with Crippen LogP contribution in [0.4, 0.5) is 5.69 Å². The number of nitriles is 1. The molecule has 1 aliphatic carbocycles. The van der Waals surface area contributed by atoms with E-state index in [9.17, 15) is 5.26 Å². The molecule has 1 aliphatic rings. The first kappa shape index (κ1) is 13.5. The molecule has 2 unspecified atom stereocenters. The van der Waals surface area contributed by atoms with E-state index < -0.39 is 0 Å². The molecule has 1 fully saturated rings. The van der Waals surface area contributed by atoms with E-state index in [2.05, 4.69) is 11.4 Å². The zero-order valence-electron chi connectivity index (χ0n) is 10.1. The number of benzene rings is 1. The third-order valence-electron chi connectivity index (χ3n) is 3.47. The Bertz CT molecular complexity index is 433. The largest absolute Gasteiger partial charge is 0.379 e. The van der Waals surface area contributed by atoms with Crippen LogP contribution in [0.2, 0.25) is 10.0 Å². The molecule has 2 rings (SSSR count). The summed E-state index contributed by atoms with van der Waals surface area (Å²) in [6.45, 7) is 0. The lowest BCUT2D eigenvalue weighted by Crippen LogP contribution is -2.27. The van der Waals surface area contributed by atoms with Gasteiger partial charge in [0.25, 0.3) is 0 Å². The fraction of sp³-hybridized carbons (Fsp3) is 0.500. The van der Waals surface area contributed by atoms with Gasteiger partial charge in [-0.15, -0.1) is 0 Å². The highest BCUT2D eigenvalue weighted by Gasteiger charge is 2.24. The lowest BCUT2D eigenvalue weighted by molar-refractivity contribution is 0.514. The van der Waals surface area contributed by atoms with Gasteiger partial charge in [-0.2, -0.15) is 5.26 Å². The lowest BCUT2D eigenvalue weighted by atomic mass is 9.96. The highest BCUT2D eigenvalue weighted by atomic mass is 35.5. The summed E-state index contributed by atoms with van der Waals surface area (Å²) in [5.74, 6) is 0.0415. The third kappa shape index (κ3) is 3.10. The molecule has 2 atom stereocenters. The zero-order valence-corrected chi connectivity index (χ0v) is 11.6. The van der Waals surface area contributed by atoms with Crippen molar-refractivity contribution in [1.29, 1.82) is 5.26 Å². The smallest absolute Gasteiger partial charge is 0.0721 e. The summed E-state index contributed by atoms with van der Waals surface area (Å²) in [4.78, 5) is 0. The fourth-order valence-corrected chi connectivity index (χ4v) is 2.96. The van der Waals surface area contributed by atoms with Gasteiger partial charge in [-0.25, -0.2) is 0 Å². The quantitative estimate of drug-likeness (QED) is 0.785. The molecule has 18 heavy (non-hydrogen) atoms. The summed E-state index contributed by atoms with van der Waals surface area (Å²) in [5, 5.41) is 13.8. The van der Waals surface area contributed by atoms with Crippen molar-refractivity contribution in [3.05, 3.63) is 28.2 Å². The van der Waals surface area contributed by atoms with Crippen LogP contribution in [0.25, 0.3) is 0 Å². The predicted molar refractivity (Wildman–Crippen MR) is 76.1 cm³/mol. The number of para-hydroxylation sites is 1. The number of nitrogens with one attached hydrogen (secondary N) is 1. The predicted octanol–water partition coefficient (Wildman–Crippen LogP) is 4.88. The second-order valence-corrected chi connectivity index (χ2v) is 5.54. The number of anilines is 1. The molecule has 1 saturated carbocycles. The van der Waals surface area contributed by atoms with E-state index >= 15 is 0 Å². The van der Waals surface area contributed by atoms with Crippen LogP contribution in [-0.2, 0) is 0 Å². The van der Waals surface area contributed by atoms with Crippen LogP contribution >= 0.6 is 23.2 Å². The average Bonchev–Trinajstić information content (AvgIpc) is 2.59. The molecule has 1 aromatic rings. The molecule has 0 aromatic heterocycles. The molecular formula is C14H16Cl2N2. The van der Waals surface area contributed by atoms with Crippen LogP contribution in [0.1, 0.15) is 32.1 Å². The molecule has 0 aliphatic heterocycles. The van der Waals surface area contributed by atoms with Crippen molar-refractivity contribution in [2.45, 2.75) is 38.1 Å². The van der Waals surface area contributed by atoms with E-state index in [0.717, 1.165) is 31.4 Å². The molecule has 1 aromatic carbocycles. The van der Waals surface area contributed by atoms with E-state index in [-0.39, 0.29) is 12.0 Å². The van der Waals surface area contributed by atoms with Crippen molar-refractivity contribution in [3.63, 3.8) is 0 Å². The van der Waals surface area contributed by atoms with Gasteiger partial charge in [-0.1, -0.05) is 48.5 Å². The Morgan fingerprint density at radius 3 is 2.44 bits per heavy atom. The Morgan fingerprint density at radius 1 is 1.11 bits per heavy atom. The standard InChI is InChI=1S/C14H16Cl2N2/c15-11-6-4-7-12(16)14(11)18-13-8-3-1-2-5-10(13)9-17/h4,6-7,10,13,18H,1-3,5,8H2. The first-order valence-electron chi connectivity index (χ1n) is 6.32. The second-order valence-electron chi connectivity index (χ2n) is 4.72. The van der Waals surface area contributed by atoms with Gasteiger partial charge in [0, 0.05) is 6.04 Å². The highest BCUT2D eigenvalue weighted by molar-refractivity contribution is 6.39. The zero-order chi connectivity index (χ0) is 13.0. The Hall–Kier alpha value is -0.910. The van der Waals surface area contributed by atoms with Gasteiger partial charge in [0.2, 0.25) is 0 Å². The number of rotatable bonds is 2. The topological polar surface area (TPSA) is 35.8 Å². The lowest BCUT2D eigenvalue weighted by Gasteiger charge is -2.23. The van der Waals surface area contributed by atoms with Gasteiger partial charge in [-0.3, -0.25) is 0 Å². The van der Waals surface area contributed by atoms with Crippen molar-refractivity contribution in [2.24, 2.45) is 5.92 Å². The van der Waals surface area contributed by atoms with Gasteiger partial charge in [0.15, 0.2) is 0 Å². The minimum absolute atomic E-state index is 0.0415. The first-order valence-corrected chi connectivity index (χ1v) is 7.08. The van der Waals surface area contributed by atoms with Crippen molar-refractivity contribution in [1.82, 2.24) is 0 Å². The normalized spacial score (nSPS) is 24.1. The van der Waals surface area contributed by atoms with Crippen LogP contribution in [0.5, 0.6) is 0 Å². The van der Waals surface area contributed by atoms with Crippen molar-refractivity contribution in [2.75, 3.05) is 5.32 Å². The monoisotopic (exact) mass is 282 g/mol. The SMILES string of the molecule is N#CC1CCCCCC1Nc1c(Cl)cccc1Cl. The molecule has 0 radical (unpaired) electrons. The summed E-state index contributed by atoms with van der Waals surface area (Å²) >= 11 is 12.3. The molecule has 1 N–H and O–H groups in total. The van der Waals surface area contributed by atoms with E-state index in [1.54, 1.807) is 0 Å². The fourth-order valence-electron chi connectivity index (χ4n) is 2.46.